The number of amides is 1. The van der Waals surface area contributed by atoms with Crippen molar-refractivity contribution in [3.8, 4) is 17.6 Å². The van der Waals surface area contributed by atoms with Crippen LogP contribution in [0.5, 0.6) is 11.5 Å². The molecule has 1 aliphatic heterocycles. The lowest BCUT2D eigenvalue weighted by atomic mass is 10.2. The highest BCUT2D eigenvalue weighted by atomic mass is 16.7. The van der Waals surface area contributed by atoms with Gasteiger partial charge in [-0.05, 0) is 48.0 Å². The normalized spacial score (nSPS) is 11.5. The van der Waals surface area contributed by atoms with Crippen molar-refractivity contribution in [3.63, 3.8) is 0 Å². The number of pyridine rings is 1. The summed E-state index contributed by atoms with van der Waals surface area (Å²) in [5.41, 5.74) is 2.51. The number of nitrogens with zero attached hydrogens (tertiary/aromatic N) is 2. The third-order valence-electron chi connectivity index (χ3n) is 4.19. The van der Waals surface area contributed by atoms with Gasteiger partial charge in [-0.1, -0.05) is 12.1 Å². The van der Waals surface area contributed by atoms with E-state index in [9.17, 15) is 4.79 Å². The number of carbonyl (C=O) groups is 1. The Bertz CT molecular complexity index is 1060. The van der Waals surface area contributed by atoms with Crippen LogP contribution in [-0.2, 0) is 6.54 Å². The summed E-state index contributed by atoms with van der Waals surface area (Å²) in [4.78, 5) is 16.6. The molecule has 0 saturated carbocycles. The molecule has 1 aromatic heterocycles. The molecule has 0 unspecified atom stereocenters. The summed E-state index contributed by atoms with van der Waals surface area (Å²) in [6, 6.07) is 18.0. The average molecular weight is 372 g/mol. The van der Waals surface area contributed by atoms with Crippen molar-refractivity contribution in [2.24, 2.45) is 0 Å². The highest BCUT2D eigenvalue weighted by molar-refractivity contribution is 6.04. The van der Waals surface area contributed by atoms with Gasteiger partial charge in [0, 0.05) is 18.4 Å². The maximum absolute atomic E-state index is 12.3. The highest BCUT2D eigenvalue weighted by Gasteiger charge is 2.13. The molecule has 0 radical (unpaired) electrons. The van der Waals surface area contributed by atoms with Gasteiger partial charge in [-0.3, -0.25) is 4.79 Å². The van der Waals surface area contributed by atoms with Gasteiger partial charge in [-0.2, -0.15) is 5.26 Å². The lowest BCUT2D eigenvalue weighted by Gasteiger charge is -2.08. The zero-order valence-corrected chi connectivity index (χ0v) is 14.8. The fourth-order valence-corrected chi connectivity index (χ4v) is 2.75. The number of aromatic nitrogens is 1. The Morgan fingerprint density at radius 2 is 2.00 bits per heavy atom. The van der Waals surface area contributed by atoms with Crippen LogP contribution in [0, 0.1) is 11.3 Å². The molecule has 7 nitrogen and oxygen atoms in total. The fraction of sp³-hybridized carbons (Fsp3) is 0.0952. The molecule has 2 N–H and O–H groups in total. The maximum Gasteiger partial charge on any atom is 0.257 e. The van der Waals surface area contributed by atoms with Crippen LogP contribution in [0.2, 0.25) is 0 Å². The zero-order valence-electron chi connectivity index (χ0n) is 14.8. The maximum atomic E-state index is 12.3. The molecule has 0 atom stereocenters. The van der Waals surface area contributed by atoms with Crippen molar-refractivity contribution in [2.75, 3.05) is 17.4 Å². The summed E-state index contributed by atoms with van der Waals surface area (Å²) in [6.45, 7) is 0.814. The quantitative estimate of drug-likeness (QED) is 0.711. The molecule has 138 valence electrons. The first-order valence-electron chi connectivity index (χ1n) is 8.61. The predicted molar refractivity (Wildman–Crippen MR) is 103 cm³/mol. The van der Waals surface area contributed by atoms with E-state index in [0.29, 0.717) is 29.2 Å². The van der Waals surface area contributed by atoms with E-state index in [-0.39, 0.29) is 12.7 Å². The lowest BCUT2D eigenvalue weighted by Crippen LogP contribution is -2.12. The molecule has 4 rings (SSSR count). The van der Waals surface area contributed by atoms with Crippen molar-refractivity contribution in [1.29, 1.82) is 5.26 Å². The largest absolute Gasteiger partial charge is 0.454 e. The molecule has 1 aliphatic rings. The van der Waals surface area contributed by atoms with E-state index in [1.807, 2.05) is 24.3 Å². The van der Waals surface area contributed by atoms with Crippen LogP contribution in [0.1, 0.15) is 21.5 Å². The molecule has 3 aromatic rings. The molecule has 2 aromatic carbocycles. The number of nitriles is 1. The minimum absolute atomic E-state index is 0.248. The first-order chi connectivity index (χ1) is 13.7. The number of nitrogens with one attached hydrogen (secondary N) is 2. The van der Waals surface area contributed by atoms with Crippen LogP contribution in [0.25, 0.3) is 0 Å². The summed E-state index contributed by atoms with van der Waals surface area (Å²) in [7, 11) is 0. The Kier molecular flexibility index (Phi) is 4.76. The van der Waals surface area contributed by atoms with Gasteiger partial charge in [0.2, 0.25) is 6.79 Å². The fourth-order valence-electron chi connectivity index (χ4n) is 2.75. The van der Waals surface area contributed by atoms with Gasteiger partial charge in [0.25, 0.3) is 5.91 Å². The third-order valence-corrected chi connectivity index (χ3v) is 4.19. The van der Waals surface area contributed by atoms with E-state index in [2.05, 4.69) is 15.6 Å². The van der Waals surface area contributed by atoms with E-state index in [1.54, 1.807) is 36.4 Å². The molecule has 0 aliphatic carbocycles. The van der Waals surface area contributed by atoms with Crippen molar-refractivity contribution in [1.82, 2.24) is 4.98 Å². The van der Waals surface area contributed by atoms with Gasteiger partial charge in [0.15, 0.2) is 11.5 Å². The van der Waals surface area contributed by atoms with E-state index in [4.69, 9.17) is 14.7 Å². The Morgan fingerprint density at radius 3 is 2.82 bits per heavy atom. The van der Waals surface area contributed by atoms with Crippen LogP contribution >= 0.6 is 0 Å². The van der Waals surface area contributed by atoms with Crippen molar-refractivity contribution in [2.45, 2.75) is 6.54 Å². The van der Waals surface area contributed by atoms with E-state index >= 15 is 0 Å². The number of ether oxygens (including phenoxy) is 2. The Balaban J connectivity index is 1.36. The van der Waals surface area contributed by atoms with Gasteiger partial charge >= 0.3 is 0 Å². The van der Waals surface area contributed by atoms with Crippen LogP contribution in [0.4, 0.5) is 11.5 Å². The second-order valence-electron chi connectivity index (χ2n) is 6.12. The molecular formula is C21H16N4O3. The lowest BCUT2D eigenvalue weighted by molar-refractivity contribution is 0.102. The molecule has 7 heteroatoms. The molecule has 0 bridgehead atoms. The van der Waals surface area contributed by atoms with Gasteiger partial charge < -0.3 is 20.1 Å². The predicted octanol–water partition coefficient (Wildman–Crippen LogP) is 3.55. The Hall–Kier alpha value is -4.05. The second kappa shape index (κ2) is 7.68. The first-order valence-corrected chi connectivity index (χ1v) is 8.61. The molecular weight excluding hydrogens is 356 g/mol. The van der Waals surface area contributed by atoms with Gasteiger partial charge in [-0.25, -0.2) is 4.98 Å². The summed E-state index contributed by atoms with van der Waals surface area (Å²) in [5, 5.41) is 14.9. The summed E-state index contributed by atoms with van der Waals surface area (Å²) >= 11 is 0. The first kappa shape index (κ1) is 17.4. The standard InChI is InChI=1S/C21H16N4O3/c22-10-14-2-1-3-17(8-14)25-21(26)16-5-7-20(24-12-16)23-11-15-4-6-18-19(9-15)28-13-27-18/h1-9,12H,11,13H2,(H,23,24)(H,25,26). The smallest absolute Gasteiger partial charge is 0.257 e. The van der Waals surface area contributed by atoms with E-state index < -0.39 is 0 Å². The second-order valence-corrected chi connectivity index (χ2v) is 6.12. The average Bonchev–Trinajstić information content (AvgIpc) is 3.20. The summed E-state index contributed by atoms with van der Waals surface area (Å²) in [5.74, 6) is 1.85. The minimum atomic E-state index is -0.287. The van der Waals surface area contributed by atoms with Crippen molar-refractivity contribution >= 4 is 17.4 Å². The monoisotopic (exact) mass is 372 g/mol. The van der Waals surface area contributed by atoms with Gasteiger partial charge in [0.05, 0.1) is 17.2 Å². The van der Waals surface area contributed by atoms with Crippen LogP contribution in [-0.4, -0.2) is 17.7 Å². The number of fused-ring (bicyclic) bond motifs is 1. The number of hydrogen-bond acceptors (Lipinski definition) is 6. The molecule has 1 amide bonds. The number of benzene rings is 2. The number of anilines is 2. The summed E-state index contributed by atoms with van der Waals surface area (Å²) < 4.78 is 10.7. The molecule has 0 fully saturated rings. The van der Waals surface area contributed by atoms with E-state index in [1.165, 1.54) is 6.20 Å². The SMILES string of the molecule is N#Cc1cccc(NC(=O)c2ccc(NCc3ccc4c(c3)OCO4)nc2)c1. The highest BCUT2D eigenvalue weighted by Crippen LogP contribution is 2.32. The molecule has 28 heavy (non-hydrogen) atoms. The number of carbonyl (C=O) groups excluding carboxylic acids is 1. The van der Waals surface area contributed by atoms with E-state index in [0.717, 1.165) is 17.1 Å². The molecule has 0 spiro atoms. The van der Waals surface area contributed by atoms with Crippen LogP contribution in [0.3, 0.4) is 0 Å². The third kappa shape index (κ3) is 3.86. The Labute approximate surface area is 161 Å². The number of rotatable bonds is 5. The zero-order chi connectivity index (χ0) is 19.3. The Morgan fingerprint density at radius 1 is 1.11 bits per heavy atom. The summed E-state index contributed by atoms with van der Waals surface area (Å²) in [6.07, 6.45) is 1.51. The topological polar surface area (TPSA) is 96.3 Å². The van der Waals surface area contributed by atoms with Crippen LogP contribution in [0.15, 0.2) is 60.8 Å². The van der Waals surface area contributed by atoms with Crippen LogP contribution < -0.4 is 20.1 Å². The minimum Gasteiger partial charge on any atom is -0.454 e. The molecule has 0 saturated heterocycles. The number of hydrogen-bond donors (Lipinski definition) is 2. The molecule has 2 heterocycles. The van der Waals surface area contributed by atoms with Crippen molar-refractivity contribution < 1.29 is 14.3 Å². The van der Waals surface area contributed by atoms with Crippen molar-refractivity contribution in [3.05, 3.63) is 77.5 Å². The van der Waals surface area contributed by atoms with Gasteiger partial charge in [0.1, 0.15) is 5.82 Å². The van der Waals surface area contributed by atoms with Gasteiger partial charge in [-0.15, -0.1) is 0 Å².